The molecule has 2 amide bonds. The summed E-state index contributed by atoms with van der Waals surface area (Å²) in [7, 11) is 0. The van der Waals surface area contributed by atoms with Gasteiger partial charge < -0.3 is 24.8 Å². The molecule has 0 bridgehead atoms. The predicted octanol–water partition coefficient (Wildman–Crippen LogP) is 3.96. The summed E-state index contributed by atoms with van der Waals surface area (Å²) >= 11 is 0. The Morgan fingerprint density at radius 1 is 1.00 bits per heavy atom. The lowest BCUT2D eigenvalue weighted by molar-refractivity contribution is -0.274. The Balaban J connectivity index is 1.63. The van der Waals surface area contributed by atoms with Crippen molar-refractivity contribution in [1.29, 1.82) is 0 Å². The van der Waals surface area contributed by atoms with E-state index in [0.29, 0.717) is 17.2 Å². The number of fused-ring (bicyclic) bond motifs is 1. The molecule has 2 aromatic rings. The number of alkyl halides is 3. The molecule has 0 spiro atoms. The first-order valence-corrected chi connectivity index (χ1v) is 6.72. The van der Waals surface area contributed by atoms with Crippen LogP contribution in [0.25, 0.3) is 0 Å². The van der Waals surface area contributed by atoms with Crippen LogP contribution >= 0.6 is 0 Å². The molecule has 3 rings (SSSR count). The van der Waals surface area contributed by atoms with E-state index in [9.17, 15) is 18.0 Å². The van der Waals surface area contributed by atoms with E-state index in [4.69, 9.17) is 9.47 Å². The highest BCUT2D eigenvalue weighted by Crippen LogP contribution is 2.34. The van der Waals surface area contributed by atoms with E-state index in [1.807, 2.05) is 0 Å². The zero-order valence-electron chi connectivity index (χ0n) is 12.0. The van der Waals surface area contributed by atoms with E-state index in [0.717, 1.165) is 12.1 Å². The van der Waals surface area contributed by atoms with E-state index >= 15 is 0 Å². The van der Waals surface area contributed by atoms with Crippen LogP contribution in [-0.2, 0) is 0 Å². The van der Waals surface area contributed by atoms with E-state index in [1.54, 1.807) is 18.2 Å². The Morgan fingerprint density at radius 3 is 2.46 bits per heavy atom. The molecule has 0 aromatic heterocycles. The van der Waals surface area contributed by atoms with Gasteiger partial charge in [-0.2, -0.15) is 0 Å². The zero-order chi connectivity index (χ0) is 17.2. The maximum atomic E-state index is 12.2. The van der Waals surface area contributed by atoms with Crippen molar-refractivity contribution in [1.82, 2.24) is 0 Å². The van der Waals surface area contributed by atoms with E-state index < -0.39 is 18.1 Å². The Labute approximate surface area is 134 Å². The second-order valence-corrected chi connectivity index (χ2v) is 4.72. The molecule has 1 aliphatic rings. The van der Waals surface area contributed by atoms with Crippen molar-refractivity contribution in [3.63, 3.8) is 0 Å². The highest BCUT2D eigenvalue weighted by Gasteiger charge is 2.31. The van der Waals surface area contributed by atoms with Crippen LogP contribution < -0.4 is 24.8 Å². The standard InChI is InChI=1S/C15H11F3N2O4/c16-15(17,18)24-11-3-1-2-9(6-11)19-14(21)20-10-4-5-12-13(7-10)23-8-22-12/h1-7H,8H2,(H2,19,20,21). The summed E-state index contributed by atoms with van der Waals surface area (Å²) < 4.78 is 50.7. The minimum Gasteiger partial charge on any atom is -0.454 e. The van der Waals surface area contributed by atoms with Crippen LogP contribution in [0.1, 0.15) is 0 Å². The fraction of sp³-hybridized carbons (Fsp3) is 0.133. The van der Waals surface area contributed by atoms with Gasteiger partial charge in [0, 0.05) is 23.5 Å². The van der Waals surface area contributed by atoms with E-state index in [1.165, 1.54) is 12.1 Å². The molecule has 24 heavy (non-hydrogen) atoms. The van der Waals surface area contributed by atoms with Crippen LogP contribution in [0.5, 0.6) is 17.2 Å². The summed E-state index contributed by atoms with van der Waals surface area (Å²) in [5.41, 5.74) is 0.592. The molecule has 0 saturated heterocycles. The average molecular weight is 340 g/mol. The Hall–Kier alpha value is -3.10. The van der Waals surface area contributed by atoms with Crippen LogP contribution in [0.15, 0.2) is 42.5 Å². The highest BCUT2D eigenvalue weighted by atomic mass is 19.4. The number of ether oxygens (including phenoxy) is 3. The monoisotopic (exact) mass is 340 g/mol. The third-order valence-electron chi connectivity index (χ3n) is 2.96. The van der Waals surface area contributed by atoms with Gasteiger partial charge in [-0.05, 0) is 24.3 Å². The van der Waals surface area contributed by atoms with E-state index in [2.05, 4.69) is 15.4 Å². The number of carbonyl (C=O) groups is 1. The van der Waals surface area contributed by atoms with Gasteiger partial charge >= 0.3 is 12.4 Å². The van der Waals surface area contributed by atoms with Gasteiger partial charge in [0.25, 0.3) is 0 Å². The van der Waals surface area contributed by atoms with Crippen molar-refractivity contribution in [3.05, 3.63) is 42.5 Å². The van der Waals surface area contributed by atoms with Gasteiger partial charge in [-0.1, -0.05) is 6.07 Å². The normalized spacial score (nSPS) is 12.6. The summed E-state index contributed by atoms with van der Waals surface area (Å²) in [4.78, 5) is 11.9. The van der Waals surface area contributed by atoms with Crippen LogP contribution in [0, 0.1) is 0 Å². The quantitative estimate of drug-likeness (QED) is 0.887. The lowest BCUT2D eigenvalue weighted by atomic mass is 10.3. The first kappa shape index (κ1) is 15.8. The first-order valence-electron chi connectivity index (χ1n) is 6.72. The minimum absolute atomic E-state index is 0.108. The van der Waals surface area contributed by atoms with Crippen molar-refractivity contribution in [3.8, 4) is 17.2 Å². The number of amides is 2. The molecule has 6 nitrogen and oxygen atoms in total. The molecule has 0 atom stereocenters. The fourth-order valence-corrected chi connectivity index (χ4v) is 2.04. The maximum absolute atomic E-state index is 12.2. The van der Waals surface area contributed by atoms with Gasteiger partial charge in [0.1, 0.15) is 5.75 Å². The molecule has 0 aliphatic carbocycles. The van der Waals surface area contributed by atoms with Gasteiger partial charge in [-0.25, -0.2) is 4.79 Å². The van der Waals surface area contributed by atoms with E-state index in [-0.39, 0.29) is 12.5 Å². The third kappa shape index (κ3) is 4.00. The van der Waals surface area contributed by atoms with Gasteiger partial charge in [0.15, 0.2) is 11.5 Å². The number of hydrogen-bond acceptors (Lipinski definition) is 4. The molecule has 2 N–H and O–H groups in total. The van der Waals surface area contributed by atoms with Gasteiger partial charge in [-0.15, -0.1) is 13.2 Å². The number of halogens is 3. The second-order valence-electron chi connectivity index (χ2n) is 4.72. The van der Waals surface area contributed by atoms with Gasteiger partial charge in [0.2, 0.25) is 6.79 Å². The molecule has 2 aromatic carbocycles. The van der Waals surface area contributed by atoms with Crippen molar-refractivity contribution in [2.75, 3.05) is 17.4 Å². The number of hydrogen-bond donors (Lipinski definition) is 2. The SMILES string of the molecule is O=C(Nc1cccc(OC(F)(F)F)c1)Nc1ccc2c(c1)OCO2. The van der Waals surface area contributed by atoms with Gasteiger partial charge in [0.05, 0.1) is 0 Å². The molecule has 0 saturated carbocycles. The molecular weight excluding hydrogens is 329 g/mol. The lowest BCUT2D eigenvalue weighted by Crippen LogP contribution is -2.20. The van der Waals surface area contributed by atoms with Crippen molar-refractivity contribution in [2.24, 2.45) is 0 Å². The molecule has 1 aliphatic heterocycles. The summed E-state index contributed by atoms with van der Waals surface area (Å²) in [6.07, 6.45) is -4.80. The molecule has 0 unspecified atom stereocenters. The molecule has 0 radical (unpaired) electrons. The van der Waals surface area contributed by atoms with Crippen molar-refractivity contribution >= 4 is 17.4 Å². The predicted molar refractivity (Wildman–Crippen MR) is 78.3 cm³/mol. The topological polar surface area (TPSA) is 68.8 Å². The highest BCUT2D eigenvalue weighted by molar-refractivity contribution is 6.00. The summed E-state index contributed by atoms with van der Waals surface area (Å²) in [5, 5.41) is 4.95. The number of benzene rings is 2. The Bertz CT molecular complexity index is 765. The Kier molecular flexibility index (Phi) is 4.07. The van der Waals surface area contributed by atoms with Crippen LogP contribution in [0.4, 0.5) is 29.3 Å². The average Bonchev–Trinajstić information content (AvgIpc) is 2.93. The molecule has 126 valence electrons. The smallest absolute Gasteiger partial charge is 0.454 e. The largest absolute Gasteiger partial charge is 0.573 e. The number of rotatable bonds is 3. The fourth-order valence-electron chi connectivity index (χ4n) is 2.04. The minimum atomic E-state index is -4.80. The van der Waals surface area contributed by atoms with Crippen molar-refractivity contribution < 1.29 is 32.2 Å². The molecule has 1 heterocycles. The molecular formula is C15H11F3N2O4. The Morgan fingerprint density at radius 2 is 1.71 bits per heavy atom. The number of nitrogens with one attached hydrogen (secondary N) is 2. The number of urea groups is 1. The third-order valence-corrected chi connectivity index (χ3v) is 2.96. The molecule has 0 fully saturated rings. The number of carbonyl (C=O) groups excluding carboxylic acids is 1. The summed E-state index contributed by atoms with van der Waals surface area (Å²) in [6, 6.07) is 9.15. The van der Waals surface area contributed by atoms with Crippen LogP contribution in [0.3, 0.4) is 0 Å². The van der Waals surface area contributed by atoms with Gasteiger partial charge in [-0.3, -0.25) is 0 Å². The molecule has 9 heteroatoms. The lowest BCUT2D eigenvalue weighted by Gasteiger charge is -2.11. The summed E-state index contributed by atoms with van der Waals surface area (Å²) in [5.74, 6) is 0.634. The second kappa shape index (κ2) is 6.19. The first-order chi connectivity index (χ1) is 11.4. The zero-order valence-corrected chi connectivity index (χ0v) is 12.0. The number of anilines is 2. The van der Waals surface area contributed by atoms with Crippen molar-refractivity contribution in [2.45, 2.75) is 6.36 Å². The van der Waals surface area contributed by atoms with Crippen LogP contribution in [-0.4, -0.2) is 19.2 Å². The van der Waals surface area contributed by atoms with Crippen LogP contribution in [0.2, 0.25) is 0 Å². The maximum Gasteiger partial charge on any atom is 0.573 e. The summed E-state index contributed by atoms with van der Waals surface area (Å²) in [6.45, 7) is 0.108.